The Morgan fingerprint density at radius 2 is 0.876 bits per heavy atom. The van der Waals surface area contributed by atoms with Gasteiger partial charge in [0, 0.05) is 55.6 Å². The van der Waals surface area contributed by atoms with Crippen LogP contribution in [-0.2, 0) is 82.0 Å². The Hall–Kier alpha value is -8.88. The van der Waals surface area contributed by atoms with Crippen molar-refractivity contribution in [1.29, 1.82) is 0 Å². The van der Waals surface area contributed by atoms with Gasteiger partial charge in [0.2, 0.25) is 0 Å². The Bertz CT molecular complexity index is 3510. The highest BCUT2D eigenvalue weighted by atomic mass is 127. The fourth-order valence-electron chi connectivity index (χ4n) is 9.75. The van der Waals surface area contributed by atoms with Crippen LogP contribution < -0.4 is 40.7 Å². The highest BCUT2D eigenvalue weighted by Gasteiger charge is 2.45. The summed E-state index contributed by atoms with van der Waals surface area (Å²) in [6.45, 7) is 5.92. The molecule has 0 aliphatic carbocycles. The number of hydrogen-bond acceptors (Lipinski definition) is 26. The molecule has 5 fully saturated rings. The Morgan fingerprint density at radius 1 is 0.562 bits per heavy atom. The van der Waals surface area contributed by atoms with Crippen LogP contribution in [0.15, 0.2) is 121 Å². The Morgan fingerprint density at radius 3 is 1.14 bits per heavy atom. The average Bonchev–Trinajstić information content (AvgIpc) is 1.61. The van der Waals surface area contributed by atoms with E-state index in [9.17, 15) is 58.2 Å². The third kappa shape index (κ3) is 35.6. The van der Waals surface area contributed by atoms with Gasteiger partial charge in [0.05, 0.1) is 85.9 Å². The second-order valence-electron chi connectivity index (χ2n) is 21.2. The molecule has 3 unspecified atom stereocenters. The summed E-state index contributed by atoms with van der Waals surface area (Å²) in [5.41, 5.74) is 3.33. The zero-order valence-corrected chi connectivity index (χ0v) is 62.7. The van der Waals surface area contributed by atoms with Crippen LogP contribution >= 0.6 is 22.6 Å². The Labute approximate surface area is 634 Å². The fourth-order valence-corrected chi connectivity index (χ4v) is 9.75. The summed E-state index contributed by atoms with van der Waals surface area (Å²) in [4.78, 5) is 108. The van der Waals surface area contributed by atoms with Crippen LogP contribution in [0.2, 0.25) is 0 Å². The molecule has 10 rings (SSSR count). The number of aldehydes is 1. The molecule has 5 heterocycles. The number of hydrogen-bond donors (Lipinski definition) is 8. The van der Waals surface area contributed by atoms with Crippen LogP contribution in [0, 0.1) is 23.7 Å². The number of carbonyl (C=O) groups is 10. The van der Waals surface area contributed by atoms with Gasteiger partial charge < -0.3 is 99.7 Å². The van der Waals surface area contributed by atoms with Crippen molar-refractivity contribution in [3.8, 4) is 28.7 Å². The number of carboxylic acids is 3. The van der Waals surface area contributed by atoms with Crippen LogP contribution in [0.3, 0.4) is 0 Å². The lowest BCUT2D eigenvalue weighted by Crippen LogP contribution is -3.00. The zero-order valence-electron chi connectivity index (χ0n) is 59.1. The number of esters is 6. The topological polar surface area (TPSA) is 468 Å². The Balaban J connectivity index is 0. The lowest BCUT2D eigenvalue weighted by Gasteiger charge is -2.18. The maximum atomic E-state index is 11.9. The quantitative estimate of drug-likeness (QED) is 0.00898. The Kier molecular flexibility index (Phi) is 49.3. The first-order valence-corrected chi connectivity index (χ1v) is 34.2. The molecule has 0 radical (unpaired) electrons. The maximum absolute atomic E-state index is 11.9. The van der Waals surface area contributed by atoms with Crippen molar-refractivity contribution in [3.05, 3.63) is 149 Å². The van der Waals surface area contributed by atoms with E-state index in [1.54, 1.807) is 107 Å². The third-order valence-electron chi connectivity index (χ3n) is 14.3. The largest absolute Gasteiger partial charge is 1.00 e. The summed E-state index contributed by atoms with van der Waals surface area (Å²) in [5.74, 6) is -4.74. The number of carboxylic acid groups (broad SMARTS) is 3. The molecular formula is C71H93BrIO31S-. The van der Waals surface area contributed by atoms with Crippen LogP contribution in [0.5, 0.6) is 28.7 Å². The van der Waals surface area contributed by atoms with Gasteiger partial charge in [0.1, 0.15) is 64.8 Å². The molecule has 0 saturated carbocycles. The smallest absolute Gasteiger partial charge is 0.394 e. The number of rotatable bonds is 18. The molecule has 34 heteroatoms. The van der Waals surface area contributed by atoms with Crippen molar-refractivity contribution >= 4 is 93.0 Å². The number of aliphatic carboxylic acids is 3. The van der Waals surface area contributed by atoms with E-state index in [0.717, 1.165) is 30.4 Å². The first-order valence-electron chi connectivity index (χ1n) is 32.0. The number of alkyl halides is 1. The molecule has 584 valence electrons. The highest BCUT2D eigenvalue weighted by Crippen LogP contribution is 2.43. The molecule has 5 aromatic rings. The number of ether oxygens (including phenoxy) is 11. The summed E-state index contributed by atoms with van der Waals surface area (Å²) in [7, 11) is 2.99. The van der Waals surface area contributed by atoms with E-state index in [1.807, 2.05) is 72.0 Å². The summed E-state index contributed by atoms with van der Waals surface area (Å²) in [5, 5.41) is 52.4. The number of methoxy groups -OCH3 is 5. The number of carbonyl (C=O) groups excluding carboxylic acids is 7. The van der Waals surface area contributed by atoms with Crippen LogP contribution in [0.1, 0.15) is 144 Å². The molecule has 8 N–H and O–H groups in total. The van der Waals surface area contributed by atoms with E-state index < -0.39 is 106 Å². The lowest BCUT2D eigenvalue weighted by atomic mass is 9.94. The molecule has 5 aliphatic heterocycles. The number of para-hydroxylation sites is 5. The van der Waals surface area contributed by atoms with E-state index in [2.05, 4.69) is 4.74 Å². The first-order chi connectivity index (χ1) is 49.5. The lowest BCUT2D eigenvalue weighted by molar-refractivity contribution is -0.153. The number of halogens is 2. The first kappa shape index (κ1) is 96.1. The van der Waals surface area contributed by atoms with Crippen molar-refractivity contribution in [1.82, 2.24) is 0 Å². The van der Waals surface area contributed by atoms with Crippen molar-refractivity contribution in [3.63, 3.8) is 0 Å². The van der Waals surface area contributed by atoms with Gasteiger partial charge >= 0.3 is 64.1 Å². The number of aliphatic hydroxyl groups is 3. The molecule has 5 saturated heterocycles. The summed E-state index contributed by atoms with van der Waals surface area (Å²) < 4.78 is 93.3. The van der Waals surface area contributed by atoms with E-state index >= 15 is 0 Å². The predicted octanol–water partition coefficient (Wildman–Crippen LogP) is 6.37. The maximum Gasteiger partial charge on any atom is 0.394 e. The minimum Gasteiger partial charge on any atom is -1.00 e. The molecular weight excluding hydrogens is 1590 g/mol. The minimum absolute atomic E-state index is 0. The van der Waals surface area contributed by atoms with Gasteiger partial charge in [-0.05, 0) is 61.6 Å². The minimum atomic E-state index is -4.67. The zero-order chi connectivity index (χ0) is 78.5. The van der Waals surface area contributed by atoms with Gasteiger partial charge in [-0.3, -0.25) is 57.1 Å². The normalized spacial score (nSPS) is 19.6. The van der Waals surface area contributed by atoms with E-state index in [4.69, 9.17) is 86.7 Å². The van der Waals surface area contributed by atoms with E-state index in [-0.39, 0.29) is 88.4 Å². The molecule has 31 nitrogen and oxygen atoms in total. The number of cyclic esters (lactones) is 5. The van der Waals surface area contributed by atoms with Gasteiger partial charge in [-0.25, -0.2) is 0 Å². The number of unbranched alkanes of at least 4 members (excludes halogenated alkanes) is 1. The van der Waals surface area contributed by atoms with Crippen LogP contribution in [0.25, 0.3) is 0 Å². The van der Waals surface area contributed by atoms with Crippen LogP contribution in [0.4, 0.5) is 0 Å². The van der Waals surface area contributed by atoms with Crippen molar-refractivity contribution < 1.29 is 167 Å². The van der Waals surface area contributed by atoms with Gasteiger partial charge in [0.15, 0.2) is 12.6 Å². The number of aliphatic hydroxyl groups excluding tert-OH is 3. The van der Waals surface area contributed by atoms with Gasteiger partial charge in [0.25, 0.3) is 0 Å². The summed E-state index contributed by atoms with van der Waals surface area (Å²) >= 11 is 1.96. The molecule has 105 heavy (non-hydrogen) atoms. The van der Waals surface area contributed by atoms with Gasteiger partial charge in [-0.1, -0.05) is 128 Å². The SMILES string of the molecule is C.CCCCC(=O)O.CCO.CCOC(=O)[C@H]1CC(=O)O[C@@H]1c1ccccc1OC.COc1ccccc1C1OC(=O)CC1C(=O)O.COc1ccccc1C=O.COc1ccccc1[C@H]1OC(=O)C[C@@H]1C(=O)O.COc1ccccc1[C@H]1OC(O)C[C@@H]1CO.O=C1CCC(=O)O1.O=S(=O)(O)O.[2H]CI.[Br-]. The van der Waals surface area contributed by atoms with Crippen molar-refractivity contribution in [2.75, 3.05) is 60.3 Å². The van der Waals surface area contributed by atoms with Gasteiger partial charge in [-0.2, -0.15) is 8.42 Å². The van der Waals surface area contributed by atoms with E-state index in [1.165, 1.54) is 21.3 Å². The fraction of sp³-hybridized carbons (Fsp3) is 0.437. The highest BCUT2D eigenvalue weighted by molar-refractivity contribution is 14.1. The molecule has 0 amide bonds. The third-order valence-corrected chi connectivity index (χ3v) is 14.3. The summed E-state index contributed by atoms with van der Waals surface area (Å²) in [6.07, 6.45) is 0.420. The molecule has 5 aromatic carbocycles. The number of benzene rings is 5. The van der Waals surface area contributed by atoms with Crippen molar-refractivity contribution in [2.45, 2.75) is 117 Å². The second kappa shape index (κ2) is 53.8. The van der Waals surface area contributed by atoms with Crippen LogP contribution in [-0.4, -0.2) is 175 Å². The van der Waals surface area contributed by atoms with Gasteiger partial charge in [-0.15, -0.1) is 0 Å². The molecule has 0 bridgehead atoms. The van der Waals surface area contributed by atoms with E-state index in [0.29, 0.717) is 63.0 Å². The van der Waals surface area contributed by atoms with Crippen molar-refractivity contribution in [2.24, 2.45) is 23.7 Å². The molecule has 5 aliphatic rings. The summed E-state index contributed by atoms with van der Waals surface area (Å²) in [6, 6.07) is 35.7. The second-order valence-corrected chi connectivity index (χ2v) is 22.1. The molecule has 0 aromatic heterocycles. The molecule has 9 atom stereocenters. The standard InChI is InChI=1S/C14H16O5.2C12H12O5.C12H16O4.C8H8O2.C5H10O2.C4H4O3.C2H6O.CH3I.CH4.BrH.H2O4S/c1-3-18-14(16)10-8-12(15)19-13(10)9-6-4-5-7-11(9)17-2;2*1-16-9-5-3-2-4-7(9)11-8(12(14)15)6-10(13)17-11;1-15-10-5-3-2-4-9(10)12-8(7-13)6-11(14)16-12;1-10-8-5-3-2-4-7(8)6-9;1-2-3-4-5(6)7;5-3-1-2-4(6)7-3;1-2-3;1-2;;;1-5(2,3)4/h4-7,10,13H,3,8H2,1-2H3;2*2-5,8,11H,6H2,1H3,(H,14,15);2-5,8,11-14H,6-7H2,1H3;2-6H,1H3;2-4H2,1H3,(H,6,7);1-2H2;3H,2H2,1H3;1H3;1H4;1H;(H2,1,2,3,4)/p-1/t10-,13+;8-,11+;;8-,11?,12+;;;;;;;;/m00.1......../s1/i;;;;;;;;1D;;;. The monoisotopic (exact) mass is 1680 g/mol. The predicted molar refractivity (Wildman–Crippen MR) is 379 cm³/mol. The molecule has 0 spiro atoms. The average molecular weight is 1680 g/mol.